The lowest BCUT2D eigenvalue weighted by atomic mass is 10.00. The number of hydrogen-bond acceptors (Lipinski definition) is 1. The van der Waals surface area contributed by atoms with Crippen LogP contribution in [0, 0.1) is 12.7 Å². The van der Waals surface area contributed by atoms with Crippen molar-refractivity contribution in [1.29, 1.82) is 0 Å². The van der Waals surface area contributed by atoms with Crippen molar-refractivity contribution in [2.24, 2.45) is 0 Å². The summed E-state index contributed by atoms with van der Waals surface area (Å²) < 4.78 is 12.9. The van der Waals surface area contributed by atoms with E-state index in [0.29, 0.717) is 23.4 Å². The zero-order valence-electron chi connectivity index (χ0n) is 10.3. The molecule has 1 rings (SSSR count). The van der Waals surface area contributed by atoms with E-state index in [2.05, 4.69) is 5.32 Å². The van der Waals surface area contributed by atoms with Gasteiger partial charge in [0.2, 0.25) is 0 Å². The van der Waals surface area contributed by atoms with Crippen LogP contribution in [0.2, 0.25) is 0 Å². The average Bonchev–Trinajstić information content (AvgIpc) is 2.15. The lowest BCUT2D eigenvalue weighted by Gasteiger charge is -2.25. The molecule has 0 bridgehead atoms. The van der Waals surface area contributed by atoms with Gasteiger partial charge in [-0.3, -0.25) is 4.79 Å². The second kappa shape index (κ2) is 5.50. The number of amides is 1. The van der Waals surface area contributed by atoms with Crippen molar-refractivity contribution in [3.63, 3.8) is 0 Å². The molecule has 94 valence electrons. The highest BCUT2D eigenvalue weighted by molar-refractivity contribution is 6.17. The molecule has 0 radical (unpaired) electrons. The molecule has 1 aromatic rings. The molecule has 0 saturated carbocycles. The van der Waals surface area contributed by atoms with E-state index in [1.807, 2.05) is 13.8 Å². The van der Waals surface area contributed by atoms with Crippen molar-refractivity contribution in [3.05, 3.63) is 35.1 Å². The smallest absolute Gasteiger partial charge is 0.251 e. The third-order valence-corrected chi connectivity index (χ3v) is 2.79. The molecule has 0 aromatic heterocycles. The Balaban J connectivity index is 2.83. The number of aryl methyl sites for hydroxylation is 1. The van der Waals surface area contributed by atoms with E-state index < -0.39 is 0 Å². The fraction of sp³-hybridized carbons (Fsp3) is 0.462. The standard InChI is InChI=1S/C13H17ClFNO/c1-9-8-10(15)4-5-11(9)12(17)16-13(2,3)6-7-14/h4-5,8H,6-7H2,1-3H3,(H,16,17). The Bertz CT molecular complexity index is 418. The number of carbonyl (C=O) groups excluding carboxylic acids is 1. The molecule has 17 heavy (non-hydrogen) atoms. The maximum absolute atomic E-state index is 12.9. The van der Waals surface area contributed by atoms with Gasteiger partial charge in [-0.25, -0.2) is 4.39 Å². The molecule has 0 fully saturated rings. The van der Waals surface area contributed by atoms with Crippen LogP contribution in [0.4, 0.5) is 4.39 Å². The summed E-state index contributed by atoms with van der Waals surface area (Å²) in [4.78, 5) is 12.0. The van der Waals surface area contributed by atoms with Crippen LogP contribution in [0.5, 0.6) is 0 Å². The molecule has 0 spiro atoms. The van der Waals surface area contributed by atoms with Gasteiger partial charge in [-0.05, 0) is 51.0 Å². The van der Waals surface area contributed by atoms with Gasteiger partial charge >= 0.3 is 0 Å². The molecule has 0 aliphatic heterocycles. The summed E-state index contributed by atoms with van der Waals surface area (Å²) in [7, 11) is 0. The molecular formula is C13H17ClFNO. The number of benzene rings is 1. The predicted molar refractivity (Wildman–Crippen MR) is 68.0 cm³/mol. The van der Waals surface area contributed by atoms with Crippen molar-refractivity contribution >= 4 is 17.5 Å². The fourth-order valence-electron chi connectivity index (χ4n) is 1.56. The van der Waals surface area contributed by atoms with Crippen LogP contribution >= 0.6 is 11.6 Å². The van der Waals surface area contributed by atoms with E-state index in [4.69, 9.17) is 11.6 Å². The van der Waals surface area contributed by atoms with Gasteiger partial charge in [-0.2, -0.15) is 0 Å². The van der Waals surface area contributed by atoms with Gasteiger partial charge in [-0.1, -0.05) is 0 Å². The second-order valence-electron chi connectivity index (χ2n) is 4.74. The topological polar surface area (TPSA) is 29.1 Å². The van der Waals surface area contributed by atoms with Crippen molar-refractivity contribution in [3.8, 4) is 0 Å². The first-order chi connectivity index (χ1) is 7.85. The molecule has 2 nitrogen and oxygen atoms in total. The Hall–Kier alpha value is -1.09. The molecule has 0 heterocycles. The van der Waals surface area contributed by atoms with Gasteiger partial charge in [-0.15, -0.1) is 11.6 Å². The molecular weight excluding hydrogens is 241 g/mol. The van der Waals surface area contributed by atoms with Gasteiger partial charge in [0.1, 0.15) is 5.82 Å². The van der Waals surface area contributed by atoms with Crippen LogP contribution in [0.3, 0.4) is 0 Å². The highest BCUT2D eigenvalue weighted by atomic mass is 35.5. The quantitative estimate of drug-likeness (QED) is 0.824. The number of carbonyl (C=O) groups is 1. The number of nitrogens with one attached hydrogen (secondary N) is 1. The summed E-state index contributed by atoms with van der Waals surface area (Å²) >= 11 is 5.67. The third kappa shape index (κ3) is 4.00. The van der Waals surface area contributed by atoms with E-state index in [0.717, 1.165) is 0 Å². The maximum Gasteiger partial charge on any atom is 0.251 e. The minimum absolute atomic E-state index is 0.197. The van der Waals surface area contributed by atoms with Crippen molar-refractivity contribution in [2.75, 3.05) is 5.88 Å². The molecule has 4 heteroatoms. The monoisotopic (exact) mass is 257 g/mol. The van der Waals surface area contributed by atoms with Crippen LogP contribution in [0.1, 0.15) is 36.2 Å². The number of rotatable bonds is 4. The lowest BCUT2D eigenvalue weighted by molar-refractivity contribution is 0.0911. The molecule has 1 amide bonds. The normalized spacial score (nSPS) is 11.4. The van der Waals surface area contributed by atoms with E-state index in [1.165, 1.54) is 18.2 Å². The van der Waals surface area contributed by atoms with Crippen LogP contribution in [0.15, 0.2) is 18.2 Å². The zero-order chi connectivity index (χ0) is 13.1. The molecule has 1 N–H and O–H groups in total. The summed E-state index contributed by atoms with van der Waals surface area (Å²) in [5.74, 6) is -0.0490. The van der Waals surface area contributed by atoms with Crippen LogP contribution < -0.4 is 5.32 Å². The Morgan fingerprint density at radius 3 is 2.65 bits per heavy atom. The Labute approximate surface area is 106 Å². The first-order valence-electron chi connectivity index (χ1n) is 5.50. The summed E-state index contributed by atoms with van der Waals surface area (Å²) in [5, 5.41) is 2.89. The van der Waals surface area contributed by atoms with Crippen LogP contribution in [-0.2, 0) is 0 Å². The minimum Gasteiger partial charge on any atom is -0.347 e. The first kappa shape index (κ1) is 14.0. The lowest BCUT2D eigenvalue weighted by Crippen LogP contribution is -2.43. The Morgan fingerprint density at radius 1 is 1.47 bits per heavy atom. The largest absolute Gasteiger partial charge is 0.347 e. The highest BCUT2D eigenvalue weighted by Gasteiger charge is 2.21. The van der Waals surface area contributed by atoms with Gasteiger partial charge in [0, 0.05) is 17.0 Å². The zero-order valence-corrected chi connectivity index (χ0v) is 11.1. The fourth-order valence-corrected chi connectivity index (χ4v) is 2.03. The van der Waals surface area contributed by atoms with E-state index in [9.17, 15) is 9.18 Å². The molecule has 0 aliphatic rings. The molecule has 0 aliphatic carbocycles. The van der Waals surface area contributed by atoms with Gasteiger partial charge < -0.3 is 5.32 Å². The summed E-state index contributed by atoms with van der Waals surface area (Å²) in [6.07, 6.45) is 0.681. The van der Waals surface area contributed by atoms with Gasteiger partial charge in [0.05, 0.1) is 0 Å². The number of alkyl halides is 1. The first-order valence-corrected chi connectivity index (χ1v) is 6.04. The third-order valence-electron chi connectivity index (χ3n) is 2.60. The molecule has 0 saturated heterocycles. The number of halogens is 2. The van der Waals surface area contributed by atoms with Gasteiger partial charge in [0.15, 0.2) is 0 Å². The predicted octanol–water partition coefficient (Wildman–Crippen LogP) is 3.27. The summed E-state index contributed by atoms with van der Waals surface area (Å²) in [6.45, 7) is 5.53. The Kier molecular flexibility index (Phi) is 4.52. The van der Waals surface area contributed by atoms with Crippen LogP contribution in [0.25, 0.3) is 0 Å². The molecule has 0 atom stereocenters. The van der Waals surface area contributed by atoms with Crippen LogP contribution in [-0.4, -0.2) is 17.3 Å². The van der Waals surface area contributed by atoms with E-state index in [-0.39, 0.29) is 17.3 Å². The second-order valence-corrected chi connectivity index (χ2v) is 5.11. The highest BCUT2D eigenvalue weighted by Crippen LogP contribution is 2.14. The van der Waals surface area contributed by atoms with Crippen molar-refractivity contribution < 1.29 is 9.18 Å². The summed E-state index contributed by atoms with van der Waals surface area (Å²) in [5.41, 5.74) is 0.762. The maximum atomic E-state index is 12.9. The molecule has 1 aromatic carbocycles. The Morgan fingerprint density at radius 2 is 2.12 bits per heavy atom. The molecule has 0 unspecified atom stereocenters. The minimum atomic E-state index is -0.361. The van der Waals surface area contributed by atoms with E-state index >= 15 is 0 Å². The summed E-state index contributed by atoms with van der Waals surface area (Å²) in [6, 6.07) is 4.14. The average molecular weight is 258 g/mol. The van der Waals surface area contributed by atoms with E-state index in [1.54, 1.807) is 6.92 Å². The SMILES string of the molecule is Cc1cc(F)ccc1C(=O)NC(C)(C)CCCl. The van der Waals surface area contributed by atoms with Crippen molar-refractivity contribution in [1.82, 2.24) is 5.32 Å². The van der Waals surface area contributed by atoms with Crippen molar-refractivity contribution in [2.45, 2.75) is 32.7 Å². The van der Waals surface area contributed by atoms with Gasteiger partial charge in [0.25, 0.3) is 5.91 Å². The number of hydrogen-bond donors (Lipinski definition) is 1.